The summed E-state index contributed by atoms with van der Waals surface area (Å²) < 4.78 is 213. The molecule has 392 valence electrons. The number of aliphatic carboxylic acids is 2. The Hall–Kier alpha value is -2.27. The average molecular weight is 1090 g/mol. The minimum atomic E-state index is -5.67. The quantitative estimate of drug-likeness (QED) is 0.0503. The summed E-state index contributed by atoms with van der Waals surface area (Å²) in [6.45, 7) is -3.04. The van der Waals surface area contributed by atoms with Crippen LogP contribution in [0.2, 0.25) is 0 Å². The largest absolute Gasteiger partial charge is 0.479 e. The molecule has 43 heteroatoms. The van der Waals surface area contributed by atoms with Crippen molar-refractivity contribution in [2.45, 2.75) is 123 Å². The summed E-state index contributed by atoms with van der Waals surface area (Å²) in [6.07, 6.45) is -47.4. The lowest BCUT2D eigenvalue weighted by Crippen LogP contribution is -2.70. The summed E-state index contributed by atoms with van der Waals surface area (Å²) in [6, 6.07) is -5.12. The van der Waals surface area contributed by atoms with E-state index in [1.165, 1.54) is 9.44 Å². The predicted octanol–water partition coefficient (Wildman–Crippen LogP) is -11.3. The molecule has 4 heterocycles. The molecule has 4 fully saturated rings. The van der Waals surface area contributed by atoms with Gasteiger partial charge in [-0.3, -0.25) is 22.8 Å². The number of carbonyl (C=O) groups is 2. The van der Waals surface area contributed by atoms with Crippen LogP contribution >= 0.6 is 0 Å². The first kappa shape index (κ1) is 57.3. The van der Waals surface area contributed by atoms with Crippen LogP contribution in [0.5, 0.6) is 0 Å². The van der Waals surface area contributed by atoms with E-state index in [1.807, 2.05) is 0 Å². The number of aliphatic hydroxyl groups excluding tert-OH is 7. The third-order valence-electron chi connectivity index (χ3n) is 9.38. The van der Waals surface area contributed by atoms with Crippen LogP contribution in [0.4, 0.5) is 0 Å². The van der Waals surface area contributed by atoms with Gasteiger partial charge in [0.15, 0.2) is 43.5 Å². The Bertz CT molecular complexity index is 2320. The highest BCUT2D eigenvalue weighted by Crippen LogP contribution is 2.35. The molecule has 4 aliphatic rings. The molecule has 0 aromatic rings. The van der Waals surface area contributed by atoms with E-state index >= 15 is 0 Å². The van der Waals surface area contributed by atoms with Crippen LogP contribution < -0.4 is 9.44 Å². The molecular formula is C24H40N2O36S5. The van der Waals surface area contributed by atoms with E-state index in [4.69, 9.17) is 37.5 Å². The van der Waals surface area contributed by atoms with Crippen molar-refractivity contribution in [2.75, 3.05) is 13.2 Å². The Balaban J connectivity index is 1.70. The van der Waals surface area contributed by atoms with Crippen molar-refractivity contribution in [3.8, 4) is 0 Å². The number of rotatable bonds is 20. The minimum absolute atomic E-state index is 1.28. The van der Waals surface area contributed by atoms with Gasteiger partial charge in [-0.2, -0.15) is 51.5 Å². The Kier molecular flexibility index (Phi) is 18.5. The van der Waals surface area contributed by atoms with Crippen molar-refractivity contribution in [3.63, 3.8) is 0 Å². The van der Waals surface area contributed by atoms with E-state index in [9.17, 15) is 111 Å². The molecule has 38 nitrogen and oxygen atoms in total. The molecule has 0 radical (unpaired) electrons. The van der Waals surface area contributed by atoms with Crippen molar-refractivity contribution in [2.24, 2.45) is 0 Å². The second-order valence-electron chi connectivity index (χ2n) is 14.0. The van der Waals surface area contributed by atoms with E-state index in [0.717, 1.165) is 0 Å². The average Bonchev–Trinajstić information content (AvgIpc) is 3.15. The molecule has 4 rings (SSSR count). The molecular weight excluding hydrogens is 1050 g/mol. The molecule has 0 spiro atoms. The van der Waals surface area contributed by atoms with Gasteiger partial charge in [0.05, 0.1) is 13.2 Å². The van der Waals surface area contributed by atoms with Crippen LogP contribution in [-0.2, 0) is 107 Å². The fraction of sp³-hybridized carbons (Fsp3) is 0.917. The molecule has 1 unspecified atom stereocenters. The summed E-state index contributed by atoms with van der Waals surface area (Å²) >= 11 is 0. The van der Waals surface area contributed by atoms with E-state index < -0.39 is 200 Å². The molecule has 0 bridgehead atoms. The smallest absolute Gasteiger partial charge is 0.397 e. The summed E-state index contributed by atoms with van der Waals surface area (Å²) in [5, 5.41) is 95.4. The van der Waals surface area contributed by atoms with Gasteiger partial charge in [-0.15, -0.1) is 0 Å². The Morgan fingerprint density at radius 1 is 0.448 bits per heavy atom. The van der Waals surface area contributed by atoms with E-state index in [-0.39, 0.29) is 0 Å². The normalized spacial score (nSPS) is 40.5. The zero-order chi connectivity index (χ0) is 51.1. The maximum Gasteiger partial charge on any atom is 0.397 e. The molecule has 0 aliphatic carbocycles. The second kappa shape index (κ2) is 21.6. The molecule has 0 saturated carbocycles. The fourth-order valence-electron chi connectivity index (χ4n) is 6.62. The standard InChI is InChI=1S/C24H40N2O36S5/c27-7-3(1-53-65(44,45)46)55-22(5(8(7)28)25-63(38,39)40)59-14-10(30)11(31)24(61-18(14)20(35)36)58-13-4(2-54-66(47,48)49)56-23(6(9(13)29)26-64(41,42)43)60-15-12(32)16(62-67(50,51)52)21(37)57-17(15)19(33)34/h3-18,21-32,37H,1-2H2,(H,33,34)(H,35,36)(H,38,39,40)(H,41,42,43)(H,44,45,46)(H,47,48,49)(H,50,51,52)/t3-,4-,5-,6-,7-,8-,9-,10-,11-,12+,13-,14+,15+,16-,17-,18+,21?,22-,23-,24-/m1/s1. The molecule has 16 N–H and O–H groups in total. The van der Waals surface area contributed by atoms with E-state index in [2.05, 4.69) is 17.3 Å². The fourth-order valence-corrected chi connectivity index (χ4v) is 8.92. The number of carboxylic acid groups (broad SMARTS) is 2. The van der Waals surface area contributed by atoms with Crippen LogP contribution in [-0.4, -0.2) is 259 Å². The monoisotopic (exact) mass is 1090 g/mol. The summed E-state index contributed by atoms with van der Waals surface area (Å²) in [7, 11) is -27.7. The Morgan fingerprint density at radius 2 is 0.866 bits per heavy atom. The highest BCUT2D eigenvalue weighted by molar-refractivity contribution is 7.84. The predicted molar refractivity (Wildman–Crippen MR) is 191 cm³/mol. The van der Waals surface area contributed by atoms with Crippen LogP contribution in [0.15, 0.2) is 0 Å². The number of nitrogens with one attached hydrogen (secondary N) is 2. The third-order valence-corrected chi connectivity index (χ3v) is 11.9. The zero-order valence-corrected chi connectivity index (χ0v) is 36.3. The van der Waals surface area contributed by atoms with Crippen molar-refractivity contribution in [3.05, 3.63) is 0 Å². The Morgan fingerprint density at radius 3 is 1.31 bits per heavy atom. The van der Waals surface area contributed by atoms with Gasteiger partial charge in [-0.1, -0.05) is 0 Å². The van der Waals surface area contributed by atoms with E-state index in [0.29, 0.717) is 0 Å². The van der Waals surface area contributed by atoms with Gasteiger partial charge in [-0.25, -0.2) is 22.1 Å². The highest BCUT2D eigenvalue weighted by Gasteiger charge is 2.58. The van der Waals surface area contributed by atoms with Gasteiger partial charge >= 0.3 is 63.7 Å². The number of aliphatic hydroxyl groups is 7. The number of ether oxygens (including phenoxy) is 7. The van der Waals surface area contributed by atoms with Crippen LogP contribution in [0.3, 0.4) is 0 Å². The van der Waals surface area contributed by atoms with Gasteiger partial charge in [0, 0.05) is 0 Å². The molecule has 0 aromatic carbocycles. The van der Waals surface area contributed by atoms with Gasteiger partial charge in [0.1, 0.15) is 79.2 Å². The summed E-state index contributed by atoms with van der Waals surface area (Å²) in [5.41, 5.74) is 0. The van der Waals surface area contributed by atoms with Crippen molar-refractivity contribution < 1.29 is 166 Å². The second-order valence-corrected chi connectivity index (χ2v) is 19.6. The van der Waals surface area contributed by atoms with Gasteiger partial charge < -0.3 is 79.1 Å². The molecule has 0 aromatic heterocycles. The first-order chi connectivity index (χ1) is 30.4. The third kappa shape index (κ3) is 15.6. The molecule has 67 heavy (non-hydrogen) atoms. The van der Waals surface area contributed by atoms with E-state index in [1.54, 1.807) is 0 Å². The maximum absolute atomic E-state index is 12.5. The van der Waals surface area contributed by atoms with Crippen molar-refractivity contribution in [1.29, 1.82) is 0 Å². The zero-order valence-electron chi connectivity index (χ0n) is 32.2. The molecule has 4 aliphatic heterocycles. The lowest BCUT2D eigenvalue weighted by molar-refractivity contribution is -0.369. The lowest BCUT2D eigenvalue weighted by atomic mass is 9.94. The number of hydrogen-bond acceptors (Lipinski definition) is 29. The van der Waals surface area contributed by atoms with Gasteiger partial charge in [0.2, 0.25) is 0 Å². The van der Waals surface area contributed by atoms with Crippen molar-refractivity contribution >= 4 is 63.7 Å². The lowest BCUT2D eigenvalue weighted by Gasteiger charge is -2.49. The minimum Gasteiger partial charge on any atom is -0.479 e. The molecule has 4 saturated heterocycles. The van der Waals surface area contributed by atoms with Crippen LogP contribution in [0.25, 0.3) is 0 Å². The SMILES string of the molecule is O=C(O)[C@H]1O[C@@H](O[C@H]2[C@H](O)[C@@H](NS(=O)(=O)O)[C@@H](O[C@H]3[C@H](O)[C@@H](OS(=O)(=O)O)C(O)O[C@H]3C(=O)O)O[C@@H]2COS(=O)(=O)O)[C@H](O)[C@@H](O)[C@@H]1O[C@H]1O[C@H](COS(=O)(=O)O)[C@@H](O)[C@H](O)[C@H]1NS(=O)(=O)O. The summed E-state index contributed by atoms with van der Waals surface area (Å²) in [5.74, 6) is -4.38. The van der Waals surface area contributed by atoms with Gasteiger partial charge in [-0.05, 0) is 0 Å². The maximum atomic E-state index is 12.5. The first-order valence-electron chi connectivity index (χ1n) is 17.6. The van der Waals surface area contributed by atoms with Crippen molar-refractivity contribution in [1.82, 2.24) is 9.44 Å². The Labute approximate surface area is 374 Å². The highest BCUT2D eigenvalue weighted by atomic mass is 32.3. The summed E-state index contributed by atoms with van der Waals surface area (Å²) in [4.78, 5) is 24.5. The first-order valence-corrected chi connectivity index (χ1v) is 24.5. The van der Waals surface area contributed by atoms with Crippen LogP contribution in [0, 0.1) is 0 Å². The van der Waals surface area contributed by atoms with Crippen LogP contribution in [0.1, 0.15) is 0 Å². The topological polar surface area (TPSA) is 604 Å². The molecule has 0 amide bonds. The molecule has 20 atom stereocenters. The number of hydrogen-bond donors (Lipinski definition) is 16. The van der Waals surface area contributed by atoms with Gasteiger partial charge in [0.25, 0.3) is 0 Å². The number of carboxylic acids is 2.